The van der Waals surface area contributed by atoms with Gasteiger partial charge in [-0.2, -0.15) is 0 Å². The Morgan fingerprint density at radius 2 is 1.84 bits per heavy atom. The average Bonchev–Trinajstić information content (AvgIpc) is 3.16. The molecule has 0 aromatic heterocycles. The number of rotatable bonds is 5. The quantitative estimate of drug-likeness (QED) is 0.825. The molecule has 2 atom stereocenters. The van der Waals surface area contributed by atoms with Gasteiger partial charge in [-0.1, -0.05) is 12.1 Å². The standard InChI is InChI=1S/C20H28N2O3/c1-3-22-18(23)12-11-17(20(24)21-13-5-6-14-21)19(22)15-7-9-16(10-8-15)25-4-2/h7-10,17,19H,3-6,11-14H2,1-2H3/t17-,19+/m1/s1. The SMILES string of the molecule is CCOc1ccc([C@H]2[C@H](C(=O)N3CCCC3)CCC(=O)N2CC)cc1. The topological polar surface area (TPSA) is 49.9 Å². The van der Waals surface area contributed by atoms with Crippen LogP contribution in [0.25, 0.3) is 0 Å². The van der Waals surface area contributed by atoms with Crippen LogP contribution < -0.4 is 4.74 Å². The van der Waals surface area contributed by atoms with E-state index in [-0.39, 0.29) is 23.8 Å². The van der Waals surface area contributed by atoms with E-state index in [1.54, 1.807) is 0 Å². The molecular weight excluding hydrogens is 316 g/mol. The Balaban J connectivity index is 1.89. The zero-order valence-electron chi connectivity index (χ0n) is 15.2. The molecule has 5 nitrogen and oxygen atoms in total. The van der Waals surface area contributed by atoms with Crippen LogP contribution in [-0.4, -0.2) is 47.9 Å². The minimum Gasteiger partial charge on any atom is -0.494 e. The summed E-state index contributed by atoms with van der Waals surface area (Å²) in [5, 5.41) is 0. The van der Waals surface area contributed by atoms with Gasteiger partial charge in [0.1, 0.15) is 5.75 Å². The fourth-order valence-corrected chi connectivity index (χ4v) is 4.10. The summed E-state index contributed by atoms with van der Waals surface area (Å²) in [6.07, 6.45) is 3.28. The molecule has 2 amide bonds. The molecule has 2 aliphatic rings. The van der Waals surface area contributed by atoms with Crippen LogP contribution in [0.5, 0.6) is 5.75 Å². The summed E-state index contributed by atoms with van der Waals surface area (Å²) >= 11 is 0. The molecule has 136 valence electrons. The van der Waals surface area contributed by atoms with Crippen molar-refractivity contribution in [2.45, 2.75) is 45.6 Å². The van der Waals surface area contributed by atoms with E-state index in [9.17, 15) is 9.59 Å². The lowest BCUT2D eigenvalue weighted by Gasteiger charge is -2.41. The average molecular weight is 344 g/mol. The highest BCUT2D eigenvalue weighted by molar-refractivity contribution is 5.85. The fraction of sp³-hybridized carbons (Fsp3) is 0.600. The molecule has 3 rings (SSSR count). The van der Waals surface area contributed by atoms with Crippen molar-refractivity contribution in [2.24, 2.45) is 5.92 Å². The third kappa shape index (κ3) is 3.65. The second kappa shape index (κ2) is 7.89. The van der Waals surface area contributed by atoms with Crippen LogP contribution in [0.3, 0.4) is 0 Å². The number of likely N-dealkylation sites (tertiary alicyclic amines) is 2. The van der Waals surface area contributed by atoms with Crippen molar-refractivity contribution in [2.75, 3.05) is 26.2 Å². The van der Waals surface area contributed by atoms with Gasteiger partial charge in [-0.15, -0.1) is 0 Å². The Bertz CT molecular complexity index is 608. The first-order valence-electron chi connectivity index (χ1n) is 9.46. The Morgan fingerprint density at radius 1 is 1.16 bits per heavy atom. The number of nitrogens with zero attached hydrogens (tertiary/aromatic N) is 2. The Labute approximate surface area is 149 Å². The first-order valence-corrected chi connectivity index (χ1v) is 9.46. The Kier molecular flexibility index (Phi) is 5.61. The highest BCUT2D eigenvalue weighted by Crippen LogP contribution is 2.38. The molecule has 25 heavy (non-hydrogen) atoms. The first-order chi connectivity index (χ1) is 12.2. The lowest BCUT2D eigenvalue weighted by Crippen LogP contribution is -2.48. The Morgan fingerprint density at radius 3 is 2.44 bits per heavy atom. The maximum atomic E-state index is 13.1. The summed E-state index contributed by atoms with van der Waals surface area (Å²) in [6, 6.07) is 7.70. The number of carbonyl (C=O) groups is 2. The van der Waals surface area contributed by atoms with E-state index in [4.69, 9.17) is 4.74 Å². The number of carbonyl (C=O) groups excluding carboxylic acids is 2. The maximum absolute atomic E-state index is 13.1. The van der Waals surface area contributed by atoms with Crippen LogP contribution in [0.15, 0.2) is 24.3 Å². The molecule has 2 heterocycles. The van der Waals surface area contributed by atoms with E-state index >= 15 is 0 Å². The summed E-state index contributed by atoms with van der Waals surface area (Å²) in [4.78, 5) is 29.4. The van der Waals surface area contributed by atoms with Gasteiger partial charge in [0.25, 0.3) is 0 Å². The zero-order valence-corrected chi connectivity index (χ0v) is 15.2. The highest BCUT2D eigenvalue weighted by Gasteiger charge is 2.41. The van der Waals surface area contributed by atoms with Crippen molar-refractivity contribution < 1.29 is 14.3 Å². The van der Waals surface area contributed by atoms with E-state index < -0.39 is 0 Å². The van der Waals surface area contributed by atoms with E-state index in [1.807, 2.05) is 47.9 Å². The summed E-state index contributed by atoms with van der Waals surface area (Å²) in [5.41, 5.74) is 1.02. The number of hydrogen-bond donors (Lipinski definition) is 0. The highest BCUT2D eigenvalue weighted by atomic mass is 16.5. The largest absolute Gasteiger partial charge is 0.494 e. The summed E-state index contributed by atoms with van der Waals surface area (Å²) < 4.78 is 5.52. The predicted octanol–water partition coefficient (Wildman–Crippen LogP) is 3.01. The molecule has 1 aromatic rings. The maximum Gasteiger partial charge on any atom is 0.228 e. The molecular formula is C20H28N2O3. The molecule has 0 spiro atoms. The number of hydrogen-bond acceptors (Lipinski definition) is 3. The third-order valence-electron chi connectivity index (χ3n) is 5.31. The van der Waals surface area contributed by atoms with Crippen molar-refractivity contribution in [1.82, 2.24) is 9.80 Å². The van der Waals surface area contributed by atoms with Crippen molar-refractivity contribution in [3.05, 3.63) is 29.8 Å². The van der Waals surface area contributed by atoms with E-state index in [1.165, 1.54) is 0 Å². The molecule has 0 saturated carbocycles. The fourth-order valence-electron chi connectivity index (χ4n) is 4.10. The predicted molar refractivity (Wildman–Crippen MR) is 96.3 cm³/mol. The van der Waals surface area contributed by atoms with Crippen LogP contribution in [0, 0.1) is 5.92 Å². The van der Waals surface area contributed by atoms with Crippen molar-refractivity contribution in [1.29, 1.82) is 0 Å². The lowest BCUT2D eigenvalue weighted by molar-refractivity contribution is -0.147. The lowest BCUT2D eigenvalue weighted by atomic mass is 9.83. The van der Waals surface area contributed by atoms with Crippen LogP contribution >= 0.6 is 0 Å². The van der Waals surface area contributed by atoms with Crippen molar-refractivity contribution >= 4 is 11.8 Å². The zero-order chi connectivity index (χ0) is 17.8. The van der Waals surface area contributed by atoms with Gasteiger partial charge in [0.2, 0.25) is 11.8 Å². The monoisotopic (exact) mass is 344 g/mol. The molecule has 2 saturated heterocycles. The second-order valence-electron chi connectivity index (χ2n) is 6.80. The molecule has 2 aliphatic heterocycles. The van der Waals surface area contributed by atoms with E-state index in [0.717, 1.165) is 37.2 Å². The summed E-state index contributed by atoms with van der Waals surface area (Å²) in [6.45, 7) is 6.90. The van der Waals surface area contributed by atoms with Crippen LogP contribution in [0.4, 0.5) is 0 Å². The van der Waals surface area contributed by atoms with Crippen LogP contribution in [0.1, 0.15) is 51.1 Å². The molecule has 5 heteroatoms. The van der Waals surface area contributed by atoms with E-state index in [2.05, 4.69) is 0 Å². The summed E-state index contributed by atoms with van der Waals surface area (Å²) in [5.74, 6) is 1.03. The number of benzene rings is 1. The molecule has 0 bridgehead atoms. The first kappa shape index (κ1) is 17.8. The number of piperidine rings is 1. The molecule has 0 N–H and O–H groups in total. The van der Waals surface area contributed by atoms with Gasteiger partial charge < -0.3 is 14.5 Å². The van der Waals surface area contributed by atoms with Gasteiger partial charge in [0.05, 0.1) is 18.6 Å². The van der Waals surface area contributed by atoms with Gasteiger partial charge >= 0.3 is 0 Å². The van der Waals surface area contributed by atoms with Gasteiger partial charge in [-0.05, 0) is 50.8 Å². The third-order valence-corrected chi connectivity index (χ3v) is 5.31. The smallest absolute Gasteiger partial charge is 0.228 e. The van der Waals surface area contributed by atoms with E-state index in [0.29, 0.717) is 26.0 Å². The molecule has 0 unspecified atom stereocenters. The van der Waals surface area contributed by atoms with Gasteiger partial charge in [-0.25, -0.2) is 0 Å². The van der Waals surface area contributed by atoms with Crippen LogP contribution in [-0.2, 0) is 9.59 Å². The van der Waals surface area contributed by atoms with Gasteiger partial charge in [0, 0.05) is 26.1 Å². The molecule has 0 radical (unpaired) electrons. The van der Waals surface area contributed by atoms with Crippen molar-refractivity contribution in [3.63, 3.8) is 0 Å². The van der Waals surface area contributed by atoms with Gasteiger partial charge in [-0.3, -0.25) is 9.59 Å². The number of amides is 2. The normalized spacial score (nSPS) is 23.8. The van der Waals surface area contributed by atoms with Gasteiger partial charge in [0.15, 0.2) is 0 Å². The summed E-state index contributed by atoms with van der Waals surface area (Å²) in [7, 11) is 0. The molecule has 1 aromatic carbocycles. The molecule has 2 fully saturated rings. The minimum atomic E-state index is -0.171. The second-order valence-corrected chi connectivity index (χ2v) is 6.80. The Hall–Kier alpha value is -2.04. The van der Waals surface area contributed by atoms with Crippen molar-refractivity contribution in [3.8, 4) is 5.75 Å². The minimum absolute atomic E-state index is 0.145. The van der Waals surface area contributed by atoms with Crippen LogP contribution in [0.2, 0.25) is 0 Å². The number of ether oxygens (including phenoxy) is 1. The molecule has 0 aliphatic carbocycles.